The minimum atomic E-state index is -0.138. The van der Waals surface area contributed by atoms with Crippen LogP contribution in [0.15, 0.2) is 0 Å². The van der Waals surface area contributed by atoms with E-state index in [9.17, 15) is 9.90 Å². The molecule has 0 aromatic carbocycles. The summed E-state index contributed by atoms with van der Waals surface area (Å²) in [5.74, 6) is 0.244. The molecule has 0 spiro atoms. The number of amides is 1. The van der Waals surface area contributed by atoms with Gasteiger partial charge in [0.15, 0.2) is 0 Å². The molecule has 0 bridgehead atoms. The SMILES string of the molecule is CCCC(=O)N(C)C1CCC(O)CC1. The van der Waals surface area contributed by atoms with Gasteiger partial charge >= 0.3 is 0 Å². The Labute approximate surface area is 86.1 Å². The maximum Gasteiger partial charge on any atom is 0.222 e. The van der Waals surface area contributed by atoms with E-state index in [1.54, 1.807) is 0 Å². The Hall–Kier alpha value is -0.570. The molecular formula is C11H21NO2. The van der Waals surface area contributed by atoms with E-state index in [0.717, 1.165) is 32.1 Å². The lowest BCUT2D eigenvalue weighted by atomic mass is 9.92. The molecule has 1 rings (SSSR count). The molecule has 0 aromatic heterocycles. The molecule has 0 atom stereocenters. The lowest BCUT2D eigenvalue weighted by molar-refractivity contribution is -0.133. The molecular weight excluding hydrogens is 178 g/mol. The van der Waals surface area contributed by atoms with Gasteiger partial charge < -0.3 is 10.0 Å². The third-order valence-corrected chi connectivity index (χ3v) is 3.07. The molecule has 0 saturated heterocycles. The van der Waals surface area contributed by atoms with Crippen molar-refractivity contribution in [2.45, 2.75) is 57.6 Å². The number of nitrogens with zero attached hydrogens (tertiary/aromatic N) is 1. The molecule has 0 aromatic rings. The smallest absolute Gasteiger partial charge is 0.222 e. The van der Waals surface area contributed by atoms with Gasteiger partial charge in [-0.25, -0.2) is 0 Å². The van der Waals surface area contributed by atoms with Crippen LogP contribution in [0.3, 0.4) is 0 Å². The van der Waals surface area contributed by atoms with E-state index < -0.39 is 0 Å². The van der Waals surface area contributed by atoms with E-state index in [0.29, 0.717) is 12.5 Å². The third-order valence-electron chi connectivity index (χ3n) is 3.07. The van der Waals surface area contributed by atoms with Crippen molar-refractivity contribution in [1.29, 1.82) is 0 Å². The largest absolute Gasteiger partial charge is 0.393 e. The number of carbonyl (C=O) groups excluding carboxylic acids is 1. The van der Waals surface area contributed by atoms with Gasteiger partial charge in [-0.1, -0.05) is 6.92 Å². The van der Waals surface area contributed by atoms with Crippen molar-refractivity contribution in [1.82, 2.24) is 4.90 Å². The van der Waals surface area contributed by atoms with Crippen molar-refractivity contribution in [2.24, 2.45) is 0 Å². The van der Waals surface area contributed by atoms with Crippen LogP contribution in [0.4, 0.5) is 0 Å². The molecule has 0 unspecified atom stereocenters. The third kappa shape index (κ3) is 2.98. The van der Waals surface area contributed by atoms with Crippen LogP contribution >= 0.6 is 0 Å². The fourth-order valence-corrected chi connectivity index (χ4v) is 2.04. The predicted molar refractivity (Wildman–Crippen MR) is 55.9 cm³/mol. The molecule has 0 heterocycles. The van der Waals surface area contributed by atoms with E-state index in [1.165, 1.54) is 0 Å². The molecule has 1 amide bonds. The monoisotopic (exact) mass is 199 g/mol. The molecule has 1 N–H and O–H groups in total. The van der Waals surface area contributed by atoms with E-state index in [4.69, 9.17) is 0 Å². The van der Waals surface area contributed by atoms with Gasteiger partial charge in [0.2, 0.25) is 5.91 Å². The summed E-state index contributed by atoms with van der Waals surface area (Å²) in [6.45, 7) is 2.02. The number of rotatable bonds is 3. The Morgan fingerprint density at radius 1 is 1.36 bits per heavy atom. The second kappa shape index (κ2) is 5.35. The average Bonchev–Trinajstić information content (AvgIpc) is 2.18. The van der Waals surface area contributed by atoms with Crippen LogP contribution < -0.4 is 0 Å². The molecule has 0 radical (unpaired) electrons. The topological polar surface area (TPSA) is 40.5 Å². The molecule has 0 aliphatic heterocycles. The molecule has 82 valence electrons. The Kier molecular flexibility index (Phi) is 4.39. The number of hydrogen-bond acceptors (Lipinski definition) is 2. The van der Waals surface area contributed by atoms with Gasteiger partial charge in [0.05, 0.1) is 6.10 Å². The zero-order valence-corrected chi connectivity index (χ0v) is 9.20. The summed E-state index contributed by atoms with van der Waals surface area (Å²) in [7, 11) is 1.89. The van der Waals surface area contributed by atoms with Crippen molar-refractivity contribution < 1.29 is 9.90 Å². The van der Waals surface area contributed by atoms with Crippen LogP contribution in [0.25, 0.3) is 0 Å². The van der Waals surface area contributed by atoms with Crippen molar-refractivity contribution in [3.63, 3.8) is 0 Å². The first kappa shape index (κ1) is 11.5. The van der Waals surface area contributed by atoms with Crippen LogP contribution in [0.5, 0.6) is 0 Å². The summed E-state index contributed by atoms with van der Waals surface area (Å²) in [6, 6.07) is 0.359. The van der Waals surface area contributed by atoms with Gasteiger partial charge in [-0.05, 0) is 32.1 Å². The zero-order valence-electron chi connectivity index (χ0n) is 9.20. The van der Waals surface area contributed by atoms with Gasteiger partial charge in [-0.2, -0.15) is 0 Å². The minimum Gasteiger partial charge on any atom is -0.393 e. The fourth-order valence-electron chi connectivity index (χ4n) is 2.04. The molecule has 14 heavy (non-hydrogen) atoms. The lowest BCUT2D eigenvalue weighted by Gasteiger charge is -2.33. The predicted octanol–water partition coefficient (Wildman–Crippen LogP) is 1.55. The Balaban J connectivity index is 2.37. The number of aliphatic hydroxyl groups excluding tert-OH is 1. The van der Waals surface area contributed by atoms with Crippen molar-refractivity contribution in [3.05, 3.63) is 0 Å². The molecule has 1 saturated carbocycles. The average molecular weight is 199 g/mol. The van der Waals surface area contributed by atoms with Crippen molar-refractivity contribution in [2.75, 3.05) is 7.05 Å². The van der Waals surface area contributed by atoms with Gasteiger partial charge in [-0.3, -0.25) is 4.79 Å². The lowest BCUT2D eigenvalue weighted by Crippen LogP contribution is -2.40. The highest BCUT2D eigenvalue weighted by molar-refractivity contribution is 5.76. The molecule has 1 aliphatic rings. The van der Waals surface area contributed by atoms with Gasteiger partial charge in [-0.15, -0.1) is 0 Å². The molecule has 3 nitrogen and oxygen atoms in total. The van der Waals surface area contributed by atoms with E-state index >= 15 is 0 Å². The van der Waals surface area contributed by atoms with Crippen LogP contribution in [-0.2, 0) is 4.79 Å². The quantitative estimate of drug-likeness (QED) is 0.749. The summed E-state index contributed by atoms with van der Waals surface area (Å²) in [5.41, 5.74) is 0. The Morgan fingerprint density at radius 2 is 1.93 bits per heavy atom. The van der Waals surface area contributed by atoms with Gasteiger partial charge in [0, 0.05) is 19.5 Å². The van der Waals surface area contributed by atoms with Crippen LogP contribution in [0, 0.1) is 0 Å². The molecule has 1 aliphatic carbocycles. The Morgan fingerprint density at radius 3 is 2.43 bits per heavy atom. The number of aliphatic hydroxyl groups is 1. The maximum atomic E-state index is 11.6. The first-order chi connectivity index (χ1) is 6.65. The highest BCUT2D eigenvalue weighted by Crippen LogP contribution is 2.22. The number of carbonyl (C=O) groups is 1. The maximum absolute atomic E-state index is 11.6. The summed E-state index contributed by atoms with van der Waals surface area (Å²) in [5, 5.41) is 9.35. The standard InChI is InChI=1S/C11H21NO2/c1-3-4-11(14)12(2)9-5-7-10(13)8-6-9/h9-10,13H,3-8H2,1-2H3. The summed E-state index contributed by atoms with van der Waals surface area (Å²) >= 11 is 0. The van der Waals surface area contributed by atoms with E-state index in [2.05, 4.69) is 0 Å². The molecule has 3 heteroatoms. The number of hydrogen-bond donors (Lipinski definition) is 1. The summed E-state index contributed by atoms with van der Waals surface area (Å²) in [6.07, 6.45) is 5.01. The van der Waals surface area contributed by atoms with E-state index in [1.807, 2.05) is 18.9 Å². The summed E-state index contributed by atoms with van der Waals surface area (Å²) < 4.78 is 0. The van der Waals surface area contributed by atoms with Gasteiger partial charge in [0.1, 0.15) is 0 Å². The summed E-state index contributed by atoms with van der Waals surface area (Å²) in [4.78, 5) is 13.5. The zero-order chi connectivity index (χ0) is 10.6. The highest BCUT2D eigenvalue weighted by atomic mass is 16.3. The van der Waals surface area contributed by atoms with Crippen LogP contribution in [-0.4, -0.2) is 35.1 Å². The normalized spacial score (nSPS) is 27.4. The second-order valence-electron chi connectivity index (χ2n) is 4.22. The van der Waals surface area contributed by atoms with Crippen molar-refractivity contribution in [3.8, 4) is 0 Å². The Bertz CT molecular complexity index is 186. The minimum absolute atomic E-state index is 0.138. The molecule has 1 fully saturated rings. The first-order valence-corrected chi connectivity index (χ1v) is 5.58. The second-order valence-corrected chi connectivity index (χ2v) is 4.22. The fraction of sp³-hybridized carbons (Fsp3) is 0.909. The first-order valence-electron chi connectivity index (χ1n) is 5.58. The highest BCUT2D eigenvalue weighted by Gasteiger charge is 2.24. The van der Waals surface area contributed by atoms with Crippen molar-refractivity contribution >= 4 is 5.91 Å². The van der Waals surface area contributed by atoms with Crippen LogP contribution in [0.2, 0.25) is 0 Å². The van der Waals surface area contributed by atoms with E-state index in [-0.39, 0.29) is 12.0 Å². The van der Waals surface area contributed by atoms with Gasteiger partial charge in [0.25, 0.3) is 0 Å². The van der Waals surface area contributed by atoms with Crippen LogP contribution in [0.1, 0.15) is 45.4 Å².